The Kier molecular flexibility index (Phi) is 7.80. The van der Waals surface area contributed by atoms with Crippen molar-refractivity contribution in [3.63, 3.8) is 0 Å². The monoisotopic (exact) mass is 482 g/mol. The number of hydrogen-bond donors (Lipinski definition) is 0. The van der Waals surface area contributed by atoms with Gasteiger partial charge in [-0.2, -0.15) is 0 Å². The number of benzene rings is 2. The first-order valence-electron chi connectivity index (χ1n) is 9.34. The zero-order chi connectivity index (χ0) is 25.0. The van der Waals surface area contributed by atoms with Gasteiger partial charge in [-0.15, -0.1) is 0 Å². The summed E-state index contributed by atoms with van der Waals surface area (Å²) in [7, 11) is -1.69. The lowest BCUT2D eigenvalue weighted by Gasteiger charge is -2.27. The minimum absolute atomic E-state index is 0.0556. The molecule has 2 aromatic carbocycles. The van der Waals surface area contributed by atoms with Gasteiger partial charge < -0.3 is 9.47 Å². The van der Waals surface area contributed by atoms with Gasteiger partial charge in [0, 0.05) is 30.7 Å². The summed E-state index contributed by atoms with van der Waals surface area (Å²) in [5.74, 6) is -6.57. The van der Waals surface area contributed by atoms with Crippen molar-refractivity contribution in [2.24, 2.45) is 5.41 Å². The molecule has 0 aromatic heterocycles. The van der Waals surface area contributed by atoms with E-state index in [0.717, 1.165) is 32.6 Å². The van der Waals surface area contributed by atoms with Crippen LogP contribution in [0.1, 0.15) is 33.6 Å². The molecule has 0 aliphatic carbocycles. The third-order valence-corrected chi connectivity index (χ3v) is 6.04. The average molecular weight is 482 g/mol. The molecule has 0 radical (unpaired) electrons. The molecule has 0 unspecified atom stereocenters. The van der Waals surface area contributed by atoms with Crippen LogP contribution in [0.15, 0.2) is 47.4 Å². The van der Waals surface area contributed by atoms with E-state index in [1.165, 1.54) is 24.3 Å². The van der Waals surface area contributed by atoms with Crippen LogP contribution in [-0.4, -0.2) is 52.4 Å². The molecule has 0 saturated heterocycles. The largest absolute Gasteiger partial charge is 0.468 e. The Morgan fingerprint density at radius 3 is 1.82 bits per heavy atom. The molecule has 33 heavy (non-hydrogen) atoms. The van der Waals surface area contributed by atoms with Crippen LogP contribution < -0.4 is 0 Å². The van der Waals surface area contributed by atoms with Crippen molar-refractivity contribution in [2.45, 2.75) is 17.7 Å². The summed E-state index contributed by atoms with van der Waals surface area (Å²) < 4.78 is 59.8. The molecule has 11 heteroatoms. The predicted octanol–water partition coefficient (Wildman–Crippen LogP) is 2.55. The summed E-state index contributed by atoms with van der Waals surface area (Å²) in [5, 5.41) is 0. The Morgan fingerprint density at radius 2 is 1.36 bits per heavy atom. The maximum absolute atomic E-state index is 14.1. The van der Waals surface area contributed by atoms with Crippen LogP contribution >= 0.6 is 0 Å². The molecule has 2 aromatic rings. The van der Waals surface area contributed by atoms with Crippen molar-refractivity contribution in [1.82, 2.24) is 0 Å². The Balaban J connectivity index is 2.48. The smallest absolute Gasteiger partial charge is 0.324 e. The quantitative estimate of drug-likeness (QED) is 0.304. The van der Waals surface area contributed by atoms with E-state index in [-0.39, 0.29) is 10.5 Å². The van der Waals surface area contributed by atoms with E-state index in [0.29, 0.717) is 6.07 Å². The van der Waals surface area contributed by atoms with Crippen molar-refractivity contribution < 1.29 is 45.9 Å². The molecule has 2 rings (SSSR count). The molecular formula is C22H20F2O8S. The number of ether oxygens (including phenoxy) is 2. The van der Waals surface area contributed by atoms with Crippen LogP contribution in [0.25, 0.3) is 0 Å². The van der Waals surface area contributed by atoms with Gasteiger partial charge in [-0.1, -0.05) is 12.1 Å². The highest BCUT2D eigenvalue weighted by molar-refractivity contribution is 7.90. The Morgan fingerprint density at radius 1 is 0.848 bits per heavy atom. The van der Waals surface area contributed by atoms with E-state index < -0.39 is 68.8 Å². The molecule has 0 amide bonds. The van der Waals surface area contributed by atoms with E-state index in [9.17, 15) is 36.4 Å². The minimum atomic E-state index is -3.54. The number of carbonyl (C=O) groups is 4. The molecule has 0 atom stereocenters. The predicted molar refractivity (Wildman–Crippen MR) is 110 cm³/mol. The maximum atomic E-state index is 14.1. The highest BCUT2D eigenvalue weighted by Crippen LogP contribution is 2.34. The van der Waals surface area contributed by atoms with Gasteiger partial charge >= 0.3 is 11.9 Å². The van der Waals surface area contributed by atoms with Gasteiger partial charge in [-0.3, -0.25) is 19.2 Å². The highest BCUT2D eigenvalue weighted by Gasteiger charge is 2.52. The van der Waals surface area contributed by atoms with Crippen molar-refractivity contribution in [1.29, 1.82) is 0 Å². The van der Waals surface area contributed by atoms with Crippen molar-refractivity contribution in [3.8, 4) is 0 Å². The van der Waals surface area contributed by atoms with Crippen molar-refractivity contribution in [2.75, 3.05) is 20.5 Å². The number of Topliss-reactive ketones (excluding diaryl/α,β-unsaturated/α-hetero) is 2. The summed E-state index contributed by atoms with van der Waals surface area (Å²) in [4.78, 5) is 50.8. The van der Waals surface area contributed by atoms with Crippen LogP contribution in [0.2, 0.25) is 0 Å². The fourth-order valence-corrected chi connectivity index (χ4v) is 3.80. The van der Waals surface area contributed by atoms with Crippen LogP contribution in [0.5, 0.6) is 0 Å². The average Bonchev–Trinajstić information content (AvgIpc) is 2.76. The Bertz CT molecular complexity index is 1190. The molecule has 0 heterocycles. The Hall–Kier alpha value is -3.47. The van der Waals surface area contributed by atoms with E-state index in [1.54, 1.807) is 0 Å². The van der Waals surface area contributed by atoms with Crippen LogP contribution in [0.4, 0.5) is 8.78 Å². The van der Waals surface area contributed by atoms with E-state index in [2.05, 4.69) is 9.47 Å². The molecular weight excluding hydrogens is 462 g/mol. The first-order chi connectivity index (χ1) is 15.4. The molecule has 0 N–H and O–H groups in total. The third kappa shape index (κ3) is 5.67. The van der Waals surface area contributed by atoms with Crippen molar-refractivity contribution in [3.05, 3.63) is 65.2 Å². The van der Waals surface area contributed by atoms with Gasteiger partial charge in [0.1, 0.15) is 11.6 Å². The molecule has 0 aliphatic heterocycles. The second kappa shape index (κ2) is 9.99. The number of esters is 2. The number of rotatable bonds is 9. The fourth-order valence-electron chi connectivity index (χ4n) is 3.17. The number of methoxy groups -OCH3 is 2. The van der Waals surface area contributed by atoms with Gasteiger partial charge in [0.05, 0.1) is 24.7 Å². The van der Waals surface area contributed by atoms with Crippen LogP contribution in [0, 0.1) is 17.0 Å². The summed E-state index contributed by atoms with van der Waals surface area (Å²) in [6, 6.07) is 6.82. The summed E-state index contributed by atoms with van der Waals surface area (Å²) >= 11 is 0. The first-order valence-corrected chi connectivity index (χ1v) is 11.2. The summed E-state index contributed by atoms with van der Waals surface area (Å²) in [6.45, 7) is 0. The maximum Gasteiger partial charge on any atom is 0.324 e. The normalized spacial score (nSPS) is 11.5. The van der Waals surface area contributed by atoms with E-state index >= 15 is 0 Å². The highest BCUT2D eigenvalue weighted by atomic mass is 32.2. The topological polar surface area (TPSA) is 121 Å². The molecule has 0 fully saturated rings. The summed E-state index contributed by atoms with van der Waals surface area (Å²) in [6.07, 6.45) is -0.912. The third-order valence-electron chi connectivity index (χ3n) is 4.91. The van der Waals surface area contributed by atoms with Gasteiger partial charge in [0.15, 0.2) is 26.8 Å². The van der Waals surface area contributed by atoms with Crippen LogP contribution in [-0.2, 0) is 28.9 Å². The molecule has 0 saturated carbocycles. The number of ketones is 2. The lowest BCUT2D eigenvalue weighted by molar-refractivity contribution is -0.168. The second-order valence-electron chi connectivity index (χ2n) is 7.19. The van der Waals surface area contributed by atoms with Gasteiger partial charge in [-0.25, -0.2) is 17.2 Å². The zero-order valence-electron chi connectivity index (χ0n) is 17.9. The lowest BCUT2D eigenvalue weighted by atomic mass is 9.76. The minimum Gasteiger partial charge on any atom is -0.468 e. The molecule has 8 nitrogen and oxygen atoms in total. The van der Waals surface area contributed by atoms with Gasteiger partial charge in [-0.05, 0) is 24.3 Å². The number of carbonyl (C=O) groups excluding carboxylic acids is 4. The van der Waals surface area contributed by atoms with Crippen molar-refractivity contribution >= 4 is 33.3 Å². The Labute approximate surface area is 188 Å². The van der Waals surface area contributed by atoms with Gasteiger partial charge in [0.25, 0.3) is 0 Å². The van der Waals surface area contributed by atoms with Gasteiger partial charge in [0.2, 0.25) is 0 Å². The number of sulfone groups is 1. The summed E-state index contributed by atoms with van der Waals surface area (Å²) in [5.41, 5.74) is -3.12. The standard InChI is InChI=1S/C22H20F2O8S/c1-31-20(27)22(21(28)32-2,12-19(26)16-9-6-14(23)10-17(16)24)11-18(25)13-4-7-15(8-5-13)33(3,29)30/h4-10H,11-12H2,1-3H3. The molecule has 0 spiro atoms. The molecule has 0 bridgehead atoms. The SMILES string of the molecule is COC(=O)C(CC(=O)c1ccc(S(C)(=O)=O)cc1)(CC(=O)c1ccc(F)cc1F)C(=O)OC. The first kappa shape index (κ1) is 25.8. The number of halogens is 2. The molecule has 0 aliphatic rings. The zero-order valence-corrected chi connectivity index (χ0v) is 18.7. The lowest BCUT2D eigenvalue weighted by Crippen LogP contribution is -2.44. The number of hydrogen-bond acceptors (Lipinski definition) is 8. The van der Waals surface area contributed by atoms with Crippen LogP contribution in [0.3, 0.4) is 0 Å². The second-order valence-corrected chi connectivity index (χ2v) is 9.20. The fraction of sp³-hybridized carbons (Fsp3) is 0.273. The van der Waals surface area contributed by atoms with E-state index in [1.807, 2.05) is 0 Å². The molecule has 176 valence electrons. The van der Waals surface area contributed by atoms with E-state index in [4.69, 9.17) is 0 Å².